The Hall–Kier alpha value is -3.08. The van der Waals surface area contributed by atoms with Crippen molar-refractivity contribution in [2.75, 3.05) is 19.9 Å². The molecule has 0 radical (unpaired) electrons. The topological polar surface area (TPSA) is 115 Å². The Bertz CT molecular complexity index is 1070. The molecule has 1 heterocycles. The lowest BCUT2D eigenvalue weighted by Crippen LogP contribution is -2.21. The number of methoxy groups -OCH3 is 1. The van der Waals surface area contributed by atoms with Crippen molar-refractivity contribution < 1.29 is 31.1 Å². The van der Waals surface area contributed by atoms with E-state index in [4.69, 9.17) is 5.73 Å². The van der Waals surface area contributed by atoms with E-state index in [0.29, 0.717) is 17.3 Å². The molecule has 0 bridgehead atoms. The summed E-state index contributed by atoms with van der Waals surface area (Å²) in [6.45, 7) is -0.509. The first-order valence-corrected chi connectivity index (χ1v) is 9.96. The molecule has 29 heavy (non-hydrogen) atoms. The first kappa shape index (κ1) is 22.2. The third-order valence-electron chi connectivity index (χ3n) is 3.76. The van der Waals surface area contributed by atoms with Crippen LogP contribution in [0.2, 0.25) is 0 Å². The second-order valence-corrected chi connectivity index (χ2v) is 7.98. The van der Waals surface area contributed by atoms with Crippen molar-refractivity contribution in [2.45, 2.75) is 11.1 Å². The molecule has 156 valence electrons. The molecule has 2 aromatic rings. The van der Waals surface area contributed by atoms with Crippen molar-refractivity contribution in [1.29, 1.82) is 0 Å². The Morgan fingerprint density at radius 2 is 1.97 bits per heavy atom. The minimum Gasteiger partial charge on any atom is -0.468 e. The highest BCUT2D eigenvalue weighted by molar-refractivity contribution is 7.90. The number of carbonyl (C=O) groups is 1. The molecule has 0 aliphatic rings. The number of ether oxygens (including phenoxy) is 1. The van der Waals surface area contributed by atoms with Crippen LogP contribution < -0.4 is 5.73 Å². The van der Waals surface area contributed by atoms with Crippen LogP contribution in [0.5, 0.6) is 0 Å². The van der Waals surface area contributed by atoms with Crippen LogP contribution in [0.15, 0.2) is 58.1 Å². The lowest BCUT2D eigenvalue weighted by atomic mass is 10.2. The fourth-order valence-corrected chi connectivity index (χ4v) is 2.93. The number of carbonyl (C=O) groups excluding carboxylic acids is 1. The number of nitrogens with one attached hydrogen (secondary N) is 1. The number of alkyl halides is 3. The summed E-state index contributed by atoms with van der Waals surface area (Å²) in [6.07, 6.45) is -3.11. The van der Waals surface area contributed by atoms with Gasteiger partial charge in [-0.3, -0.25) is 9.79 Å². The van der Waals surface area contributed by atoms with Crippen LogP contribution in [0.3, 0.4) is 0 Å². The number of hydrogen-bond acceptors (Lipinski definition) is 6. The van der Waals surface area contributed by atoms with E-state index in [9.17, 15) is 26.4 Å². The molecule has 0 saturated carbocycles. The first-order valence-electron chi connectivity index (χ1n) is 8.07. The maximum Gasteiger partial charge on any atom is 0.430 e. The average Bonchev–Trinajstić information content (AvgIpc) is 3.13. The minimum atomic E-state index is -4.77. The van der Waals surface area contributed by atoms with Crippen molar-refractivity contribution in [3.8, 4) is 11.3 Å². The highest BCUT2D eigenvalue weighted by atomic mass is 32.2. The normalized spacial score (nSPS) is 13.4. The fraction of sp³-hybridized carbons (Fsp3) is 0.222. The molecular formula is C18H18F3N3O4S. The molecule has 7 nitrogen and oxygen atoms in total. The second-order valence-electron chi connectivity index (χ2n) is 5.96. The van der Waals surface area contributed by atoms with Gasteiger partial charge in [0.1, 0.15) is 12.2 Å². The Kier molecular flexibility index (Phi) is 6.52. The summed E-state index contributed by atoms with van der Waals surface area (Å²) in [4.78, 5) is 18.1. The maximum atomic E-state index is 12.8. The van der Waals surface area contributed by atoms with E-state index in [2.05, 4.69) is 14.7 Å². The lowest BCUT2D eigenvalue weighted by Gasteiger charge is -2.07. The van der Waals surface area contributed by atoms with E-state index < -0.39 is 34.2 Å². The molecule has 1 aromatic heterocycles. The number of esters is 1. The maximum absolute atomic E-state index is 12.8. The van der Waals surface area contributed by atoms with Crippen LogP contribution in [-0.2, 0) is 19.4 Å². The zero-order valence-corrected chi connectivity index (χ0v) is 16.3. The van der Waals surface area contributed by atoms with E-state index in [1.165, 1.54) is 18.2 Å². The van der Waals surface area contributed by atoms with E-state index >= 15 is 0 Å². The van der Waals surface area contributed by atoms with Crippen LogP contribution in [0, 0.1) is 0 Å². The smallest absolute Gasteiger partial charge is 0.430 e. The van der Waals surface area contributed by atoms with E-state index in [1.807, 2.05) is 0 Å². The molecule has 0 fully saturated rings. The number of rotatable bonds is 6. The lowest BCUT2D eigenvalue weighted by molar-refractivity contribution is -0.138. The van der Waals surface area contributed by atoms with Crippen molar-refractivity contribution in [1.82, 2.24) is 4.98 Å². The minimum absolute atomic E-state index is 0.0898. The Balaban J connectivity index is 2.47. The quantitative estimate of drug-likeness (QED) is 0.541. The summed E-state index contributed by atoms with van der Waals surface area (Å²) >= 11 is 0. The van der Waals surface area contributed by atoms with Gasteiger partial charge >= 0.3 is 12.1 Å². The second kappa shape index (κ2) is 8.52. The van der Waals surface area contributed by atoms with Gasteiger partial charge in [-0.1, -0.05) is 12.1 Å². The molecule has 11 heteroatoms. The Labute approximate surface area is 165 Å². The number of nitrogens with two attached hydrogens (primary N) is 1. The van der Waals surface area contributed by atoms with Gasteiger partial charge in [-0.15, -0.1) is 0 Å². The number of aromatic nitrogens is 1. The average molecular weight is 429 g/mol. The summed E-state index contributed by atoms with van der Waals surface area (Å²) < 4.78 is 66.3. The number of allylic oxidation sites excluding steroid dienone is 2. The number of halogens is 3. The zero-order valence-electron chi connectivity index (χ0n) is 15.4. The van der Waals surface area contributed by atoms with Crippen LogP contribution in [-0.4, -0.2) is 51.2 Å². The number of nitrogens with zero attached hydrogens (tertiary/aromatic N) is 1. The molecule has 0 aliphatic carbocycles. The number of aromatic amines is 1. The van der Waals surface area contributed by atoms with Gasteiger partial charge in [0.05, 0.1) is 23.4 Å². The summed E-state index contributed by atoms with van der Waals surface area (Å²) in [5.41, 5.74) is 4.56. The van der Waals surface area contributed by atoms with Crippen LogP contribution >= 0.6 is 0 Å². The Morgan fingerprint density at radius 1 is 1.28 bits per heavy atom. The first-order chi connectivity index (χ1) is 13.4. The molecule has 0 saturated heterocycles. The number of H-pyrrole nitrogens is 1. The number of sulfone groups is 1. The predicted octanol–water partition coefficient (Wildman–Crippen LogP) is 2.45. The number of hydrogen-bond donors (Lipinski definition) is 2. The van der Waals surface area contributed by atoms with E-state index in [0.717, 1.165) is 13.4 Å². The molecule has 0 spiro atoms. The van der Waals surface area contributed by atoms with Gasteiger partial charge < -0.3 is 15.5 Å². The largest absolute Gasteiger partial charge is 0.468 e. The third kappa shape index (κ3) is 5.95. The molecular weight excluding hydrogens is 411 g/mol. The molecule has 3 N–H and O–H groups in total. The fourth-order valence-electron chi connectivity index (χ4n) is 2.26. The van der Waals surface area contributed by atoms with Gasteiger partial charge in [0.15, 0.2) is 9.84 Å². The summed E-state index contributed by atoms with van der Waals surface area (Å²) in [6, 6.07) is 9.02. The van der Waals surface area contributed by atoms with Crippen molar-refractivity contribution in [2.24, 2.45) is 10.7 Å². The molecule has 0 atom stereocenters. The van der Waals surface area contributed by atoms with Gasteiger partial charge in [-0.05, 0) is 35.9 Å². The SMILES string of the molecule is COC(=O)CN=C(/C=C(\N)C(F)(F)F)c1ccc(-c2cccc(S(C)(=O)=O)c2)[nH]1. The van der Waals surface area contributed by atoms with Gasteiger partial charge in [0.2, 0.25) is 0 Å². The molecule has 1 aromatic carbocycles. The van der Waals surface area contributed by atoms with Crippen LogP contribution in [0.25, 0.3) is 11.3 Å². The summed E-state index contributed by atoms with van der Waals surface area (Å²) in [7, 11) is -2.31. The van der Waals surface area contributed by atoms with Crippen molar-refractivity contribution in [3.63, 3.8) is 0 Å². The van der Waals surface area contributed by atoms with E-state index in [-0.39, 0.29) is 16.3 Å². The molecule has 0 aliphatic heterocycles. The molecule has 2 rings (SSSR count). The van der Waals surface area contributed by atoms with Gasteiger partial charge in [-0.2, -0.15) is 13.2 Å². The molecule has 0 amide bonds. The Morgan fingerprint density at radius 3 is 2.55 bits per heavy atom. The van der Waals surface area contributed by atoms with Gasteiger partial charge in [-0.25, -0.2) is 8.42 Å². The van der Waals surface area contributed by atoms with Gasteiger partial charge in [0, 0.05) is 11.9 Å². The van der Waals surface area contributed by atoms with Crippen LogP contribution in [0.4, 0.5) is 13.2 Å². The van der Waals surface area contributed by atoms with Crippen molar-refractivity contribution >= 4 is 21.5 Å². The van der Waals surface area contributed by atoms with E-state index in [1.54, 1.807) is 18.2 Å². The van der Waals surface area contributed by atoms with Crippen molar-refractivity contribution in [3.05, 3.63) is 53.9 Å². The van der Waals surface area contributed by atoms with Crippen LogP contribution in [0.1, 0.15) is 5.69 Å². The summed E-state index contributed by atoms with van der Waals surface area (Å²) in [5, 5.41) is 0. The number of aliphatic imine (C=N–C) groups is 1. The predicted molar refractivity (Wildman–Crippen MR) is 101 cm³/mol. The molecule has 0 unspecified atom stereocenters. The monoisotopic (exact) mass is 429 g/mol. The highest BCUT2D eigenvalue weighted by Crippen LogP contribution is 2.24. The standard InChI is InChI=1S/C18H18F3N3O4S/c1-28-17(25)10-23-15(9-16(22)18(19,20)21)14-7-6-13(24-14)11-4-3-5-12(8-11)29(2,26)27/h3-9,24H,10,22H2,1-2H3/b16-9-,23-15?. The third-order valence-corrected chi connectivity index (χ3v) is 4.87. The number of benzene rings is 1. The highest BCUT2D eigenvalue weighted by Gasteiger charge is 2.32. The zero-order chi connectivity index (χ0) is 21.8. The van der Waals surface area contributed by atoms with Gasteiger partial charge in [0.25, 0.3) is 0 Å². The summed E-state index contributed by atoms with van der Waals surface area (Å²) in [5.74, 6) is -0.742.